The Labute approximate surface area is 166 Å². The molecule has 152 valence electrons. The van der Waals surface area contributed by atoms with Crippen molar-refractivity contribution in [1.29, 1.82) is 0 Å². The molecule has 0 aliphatic carbocycles. The number of ketones is 1. The van der Waals surface area contributed by atoms with Crippen molar-refractivity contribution in [3.63, 3.8) is 0 Å². The minimum absolute atomic E-state index is 0.0973. The zero-order valence-electron chi connectivity index (χ0n) is 15.7. The molecule has 0 spiro atoms. The standard InChI is InChI=1S/C21H19F2NO5/c1-13(19(26)16-8-10-17(11-9-16)29-21(22)23)28-20(27)18(24-14(2)25)12-15-6-4-3-5-7-15/h3-13,21H,1-2H3,(H,24,25)/b18-12-/t13-/m1/s1. The molecular weight excluding hydrogens is 384 g/mol. The van der Waals surface area contributed by atoms with E-state index in [9.17, 15) is 23.2 Å². The summed E-state index contributed by atoms with van der Waals surface area (Å²) in [6, 6.07) is 13.8. The number of alkyl halides is 2. The van der Waals surface area contributed by atoms with Gasteiger partial charge in [0, 0.05) is 12.5 Å². The highest BCUT2D eigenvalue weighted by molar-refractivity contribution is 6.03. The van der Waals surface area contributed by atoms with Crippen LogP contribution in [-0.2, 0) is 14.3 Å². The maximum Gasteiger partial charge on any atom is 0.387 e. The highest BCUT2D eigenvalue weighted by atomic mass is 19.3. The SMILES string of the molecule is CC(=O)N/C(=C\c1ccccc1)C(=O)O[C@H](C)C(=O)c1ccc(OC(F)F)cc1. The quantitative estimate of drug-likeness (QED) is 0.414. The number of ether oxygens (including phenoxy) is 2. The van der Waals surface area contributed by atoms with Crippen LogP contribution in [0.1, 0.15) is 29.8 Å². The van der Waals surface area contributed by atoms with Crippen molar-refractivity contribution in [3.05, 3.63) is 71.4 Å². The molecular formula is C21H19F2NO5. The number of hydrogen-bond donors (Lipinski definition) is 1. The van der Waals surface area contributed by atoms with E-state index in [0.29, 0.717) is 5.56 Å². The van der Waals surface area contributed by atoms with Gasteiger partial charge in [0.05, 0.1) is 0 Å². The first-order valence-electron chi connectivity index (χ1n) is 8.60. The summed E-state index contributed by atoms with van der Waals surface area (Å²) in [7, 11) is 0. The number of carbonyl (C=O) groups excluding carboxylic acids is 3. The minimum atomic E-state index is -2.97. The molecule has 2 rings (SSSR count). The van der Waals surface area contributed by atoms with Gasteiger partial charge in [-0.2, -0.15) is 8.78 Å². The summed E-state index contributed by atoms with van der Waals surface area (Å²) in [6.45, 7) is -0.360. The van der Waals surface area contributed by atoms with E-state index in [1.54, 1.807) is 30.3 Å². The summed E-state index contributed by atoms with van der Waals surface area (Å²) in [6.07, 6.45) is 0.259. The predicted octanol–water partition coefficient (Wildman–Crippen LogP) is 3.58. The van der Waals surface area contributed by atoms with Crippen LogP contribution in [0.5, 0.6) is 5.75 Å². The first-order chi connectivity index (χ1) is 13.8. The van der Waals surface area contributed by atoms with Gasteiger partial charge in [-0.3, -0.25) is 9.59 Å². The number of nitrogens with one attached hydrogen (secondary N) is 1. The first kappa shape index (κ1) is 21.7. The second-order valence-corrected chi connectivity index (χ2v) is 5.96. The highest BCUT2D eigenvalue weighted by Crippen LogP contribution is 2.17. The summed E-state index contributed by atoms with van der Waals surface area (Å²) in [4.78, 5) is 36.3. The van der Waals surface area contributed by atoms with Crippen molar-refractivity contribution in [3.8, 4) is 5.75 Å². The molecule has 0 aliphatic heterocycles. The van der Waals surface area contributed by atoms with E-state index in [1.165, 1.54) is 44.2 Å². The van der Waals surface area contributed by atoms with Crippen LogP contribution in [-0.4, -0.2) is 30.4 Å². The largest absolute Gasteiger partial charge is 0.450 e. The van der Waals surface area contributed by atoms with Crippen molar-refractivity contribution >= 4 is 23.7 Å². The van der Waals surface area contributed by atoms with Gasteiger partial charge < -0.3 is 14.8 Å². The number of Topliss-reactive ketones (excluding diaryl/α,β-unsaturated/α-hetero) is 1. The molecule has 1 atom stereocenters. The Bertz CT molecular complexity index is 895. The van der Waals surface area contributed by atoms with E-state index in [2.05, 4.69) is 10.1 Å². The Morgan fingerprint density at radius 1 is 1.00 bits per heavy atom. The fourth-order valence-corrected chi connectivity index (χ4v) is 2.36. The molecule has 0 unspecified atom stereocenters. The molecule has 1 amide bonds. The number of benzene rings is 2. The van der Waals surface area contributed by atoms with Crippen LogP contribution in [0.2, 0.25) is 0 Å². The van der Waals surface area contributed by atoms with Gasteiger partial charge in [-0.05, 0) is 42.8 Å². The van der Waals surface area contributed by atoms with E-state index in [-0.39, 0.29) is 17.0 Å². The van der Waals surface area contributed by atoms with E-state index in [0.717, 1.165) is 0 Å². The Hall–Kier alpha value is -3.55. The summed E-state index contributed by atoms with van der Waals surface area (Å²) in [5.74, 6) is -2.00. The number of halogens is 2. The second kappa shape index (κ2) is 10.1. The molecule has 0 heterocycles. The van der Waals surface area contributed by atoms with Gasteiger partial charge in [0.25, 0.3) is 0 Å². The average molecular weight is 403 g/mol. The second-order valence-electron chi connectivity index (χ2n) is 5.96. The van der Waals surface area contributed by atoms with E-state index >= 15 is 0 Å². The molecule has 0 aromatic heterocycles. The number of hydrogen-bond acceptors (Lipinski definition) is 5. The van der Waals surface area contributed by atoms with Gasteiger partial charge in [0.1, 0.15) is 11.4 Å². The Balaban J connectivity index is 2.10. The third kappa shape index (κ3) is 6.84. The van der Waals surface area contributed by atoms with Crippen LogP contribution < -0.4 is 10.1 Å². The predicted molar refractivity (Wildman–Crippen MR) is 101 cm³/mol. The van der Waals surface area contributed by atoms with Gasteiger partial charge in [0.2, 0.25) is 11.7 Å². The first-order valence-corrected chi connectivity index (χ1v) is 8.60. The molecule has 0 saturated heterocycles. The maximum atomic E-state index is 12.4. The lowest BCUT2D eigenvalue weighted by molar-refractivity contribution is -0.142. The minimum Gasteiger partial charge on any atom is -0.450 e. The van der Waals surface area contributed by atoms with Crippen molar-refractivity contribution in [1.82, 2.24) is 5.32 Å². The van der Waals surface area contributed by atoms with Crippen LogP contribution in [0, 0.1) is 0 Å². The van der Waals surface area contributed by atoms with Crippen molar-refractivity contribution in [2.45, 2.75) is 26.6 Å². The molecule has 0 saturated carbocycles. The average Bonchev–Trinajstić information content (AvgIpc) is 2.67. The molecule has 8 heteroatoms. The van der Waals surface area contributed by atoms with Gasteiger partial charge in [-0.25, -0.2) is 4.79 Å². The topological polar surface area (TPSA) is 81.7 Å². The lowest BCUT2D eigenvalue weighted by atomic mass is 10.1. The number of rotatable bonds is 8. The van der Waals surface area contributed by atoms with Crippen LogP contribution >= 0.6 is 0 Å². The van der Waals surface area contributed by atoms with E-state index < -0.39 is 30.4 Å². The van der Waals surface area contributed by atoms with Gasteiger partial charge in [-0.15, -0.1) is 0 Å². The number of esters is 1. The van der Waals surface area contributed by atoms with E-state index in [1.807, 2.05) is 0 Å². The molecule has 0 bridgehead atoms. The van der Waals surface area contributed by atoms with Gasteiger partial charge >= 0.3 is 12.6 Å². The summed E-state index contributed by atoms with van der Waals surface area (Å²) in [5.41, 5.74) is 0.686. The summed E-state index contributed by atoms with van der Waals surface area (Å²) in [5, 5.41) is 2.39. The lowest BCUT2D eigenvalue weighted by Gasteiger charge is -2.15. The normalized spacial score (nSPS) is 12.2. The highest BCUT2D eigenvalue weighted by Gasteiger charge is 2.22. The number of amides is 1. The van der Waals surface area contributed by atoms with Crippen molar-refractivity contribution in [2.24, 2.45) is 0 Å². The smallest absolute Gasteiger partial charge is 0.387 e. The molecule has 2 aromatic carbocycles. The van der Waals surface area contributed by atoms with Crippen LogP contribution in [0.25, 0.3) is 6.08 Å². The van der Waals surface area contributed by atoms with Crippen LogP contribution in [0.4, 0.5) is 8.78 Å². The molecule has 0 fully saturated rings. The number of carbonyl (C=O) groups is 3. The zero-order valence-corrected chi connectivity index (χ0v) is 15.7. The van der Waals surface area contributed by atoms with Crippen LogP contribution in [0.15, 0.2) is 60.3 Å². The molecule has 1 N–H and O–H groups in total. The van der Waals surface area contributed by atoms with Crippen molar-refractivity contribution < 1.29 is 32.6 Å². The van der Waals surface area contributed by atoms with Gasteiger partial charge in [0.15, 0.2) is 6.10 Å². The lowest BCUT2D eigenvalue weighted by Crippen LogP contribution is -2.31. The van der Waals surface area contributed by atoms with Gasteiger partial charge in [-0.1, -0.05) is 30.3 Å². The van der Waals surface area contributed by atoms with Crippen molar-refractivity contribution in [2.75, 3.05) is 0 Å². The van der Waals surface area contributed by atoms with Crippen LogP contribution in [0.3, 0.4) is 0 Å². The summed E-state index contributed by atoms with van der Waals surface area (Å²) >= 11 is 0. The molecule has 0 aliphatic rings. The third-order valence-electron chi connectivity index (χ3n) is 3.66. The molecule has 6 nitrogen and oxygen atoms in total. The fourth-order valence-electron chi connectivity index (χ4n) is 2.36. The molecule has 2 aromatic rings. The monoisotopic (exact) mass is 403 g/mol. The Morgan fingerprint density at radius 3 is 2.17 bits per heavy atom. The molecule has 0 radical (unpaired) electrons. The zero-order chi connectivity index (χ0) is 21.4. The Kier molecular flexibility index (Phi) is 7.59. The summed E-state index contributed by atoms with van der Waals surface area (Å²) < 4.78 is 33.8. The fraction of sp³-hybridized carbons (Fsp3) is 0.190. The Morgan fingerprint density at radius 2 is 1.62 bits per heavy atom. The molecule has 29 heavy (non-hydrogen) atoms. The maximum absolute atomic E-state index is 12.4. The third-order valence-corrected chi connectivity index (χ3v) is 3.66. The van der Waals surface area contributed by atoms with E-state index in [4.69, 9.17) is 4.74 Å².